The Balaban J connectivity index is 2.12. The van der Waals surface area contributed by atoms with Gasteiger partial charge in [-0.15, -0.1) is 0 Å². The van der Waals surface area contributed by atoms with Crippen molar-refractivity contribution in [3.63, 3.8) is 0 Å². The molecule has 22 heavy (non-hydrogen) atoms. The summed E-state index contributed by atoms with van der Waals surface area (Å²) in [5.41, 5.74) is 0.771. The molecule has 1 aromatic carbocycles. The Labute approximate surface area is 131 Å². The summed E-state index contributed by atoms with van der Waals surface area (Å²) in [7, 11) is 0. The van der Waals surface area contributed by atoms with Gasteiger partial charge in [-0.25, -0.2) is 0 Å². The molecule has 0 unspecified atom stereocenters. The van der Waals surface area contributed by atoms with Crippen LogP contribution in [0.2, 0.25) is 0 Å². The zero-order valence-electron chi connectivity index (χ0n) is 13.4. The predicted molar refractivity (Wildman–Crippen MR) is 87.7 cm³/mol. The van der Waals surface area contributed by atoms with Crippen LogP contribution < -0.4 is 15.0 Å². The molecule has 1 heterocycles. The highest BCUT2D eigenvalue weighted by Gasteiger charge is 2.27. The number of nitrogens with one attached hydrogen (secondary N) is 1. The summed E-state index contributed by atoms with van der Waals surface area (Å²) in [5, 5.41) is 14.8. The lowest BCUT2D eigenvalue weighted by atomic mass is 9.96. The van der Waals surface area contributed by atoms with Crippen LogP contribution in [0.5, 0.6) is 5.75 Å². The molecule has 6 heteroatoms. The van der Waals surface area contributed by atoms with E-state index in [1.54, 1.807) is 6.07 Å². The monoisotopic (exact) mass is 307 g/mol. The highest BCUT2D eigenvalue weighted by Crippen LogP contribution is 2.38. The number of hydrogen-bond acceptors (Lipinski definition) is 5. The number of nitrogens with zero attached hydrogens (tertiary/aromatic N) is 2. The standard InChI is InChI=1S/C16H25N3O3/c1-3-17-12-13-8-10-18(11-9-13)14-6-5-7-15(22-4-2)16(14)19(20)21/h5-7,13,17H,3-4,8-12H2,1-2H3. The van der Waals surface area contributed by atoms with Crippen LogP contribution in [0.1, 0.15) is 26.7 Å². The zero-order chi connectivity index (χ0) is 15.9. The molecule has 1 saturated heterocycles. The molecule has 0 atom stereocenters. The summed E-state index contributed by atoms with van der Waals surface area (Å²) >= 11 is 0. The number of piperidine rings is 1. The quantitative estimate of drug-likeness (QED) is 0.620. The lowest BCUT2D eigenvalue weighted by Crippen LogP contribution is -2.37. The number of benzene rings is 1. The molecule has 0 saturated carbocycles. The van der Waals surface area contributed by atoms with E-state index in [4.69, 9.17) is 4.74 Å². The SMILES string of the molecule is CCNCC1CCN(c2cccc(OCC)c2[N+](=O)[O-])CC1. The largest absolute Gasteiger partial charge is 0.487 e. The summed E-state index contributed by atoms with van der Waals surface area (Å²) in [6.45, 7) is 8.10. The molecular weight excluding hydrogens is 282 g/mol. The normalized spacial score (nSPS) is 15.8. The van der Waals surface area contributed by atoms with Gasteiger partial charge in [-0.2, -0.15) is 0 Å². The first kappa shape index (κ1) is 16.5. The van der Waals surface area contributed by atoms with Crippen molar-refractivity contribution < 1.29 is 9.66 Å². The highest BCUT2D eigenvalue weighted by atomic mass is 16.6. The van der Waals surface area contributed by atoms with E-state index in [0.29, 0.717) is 24.0 Å². The van der Waals surface area contributed by atoms with Crippen LogP contribution in [0.25, 0.3) is 0 Å². The molecule has 0 amide bonds. The lowest BCUT2D eigenvalue weighted by Gasteiger charge is -2.33. The van der Waals surface area contributed by atoms with E-state index in [0.717, 1.165) is 39.0 Å². The average molecular weight is 307 g/mol. The fourth-order valence-corrected chi connectivity index (χ4v) is 2.95. The predicted octanol–water partition coefficient (Wildman–Crippen LogP) is 2.82. The molecule has 0 bridgehead atoms. The average Bonchev–Trinajstić information content (AvgIpc) is 2.53. The Morgan fingerprint density at radius 3 is 2.68 bits per heavy atom. The number of nitro groups is 1. The van der Waals surface area contributed by atoms with Crippen LogP contribution >= 0.6 is 0 Å². The number of anilines is 1. The van der Waals surface area contributed by atoms with E-state index < -0.39 is 0 Å². The van der Waals surface area contributed by atoms with E-state index >= 15 is 0 Å². The smallest absolute Gasteiger partial charge is 0.333 e. The molecule has 1 fully saturated rings. The summed E-state index contributed by atoms with van der Waals surface area (Å²) < 4.78 is 5.43. The van der Waals surface area contributed by atoms with Crippen molar-refractivity contribution in [3.8, 4) is 5.75 Å². The van der Waals surface area contributed by atoms with Crippen molar-refractivity contribution in [1.29, 1.82) is 0 Å². The van der Waals surface area contributed by atoms with Crippen molar-refractivity contribution in [1.82, 2.24) is 5.32 Å². The summed E-state index contributed by atoms with van der Waals surface area (Å²) in [5.74, 6) is 1.02. The fourth-order valence-electron chi connectivity index (χ4n) is 2.95. The summed E-state index contributed by atoms with van der Waals surface area (Å²) in [6.07, 6.45) is 2.12. The van der Waals surface area contributed by atoms with E-state index in [-0.39, 0.29) is 10.6 Å². The summed E-state index contributed by atoms with van der Waals surface area (Å²) in [6, 6.07) is 5.33. The van der Waals surface area contributed by atoms with Crippen molar-refractivity contribution in [2.24, 2.45) is 5.92 Å². The third-order valence-corrected chi connectivity index (χ3v) is 4.10. The number of ether oxygens (including phenoxy) is 1. The Morgan fingerprint density at radius 1 is 1.36 bits per heavy atom. The first-order valence-corrected chi connectivity index (χ1v) is 8.03. The first-order chi connectivity index (χ1) is 10.7. The van der Waals surface area contributed by atoms with Gasteiger partial charge in [-0.05, 0) is 50.9 Å². The van der Waals surface area contributed by atoms with Crippen LogP contribution in [0.4, 0.5) is 11.4 Å². The Morgan fingerprint density at radius 2 is 2.09 bits per heavy atom. The van der Waals surface area contributed by atoms with Gasteiger partial charge in [0.25, 0.3) is 0 Å². The first-order valence-electron chi connectivity index (χ1n) is 8.03. The molecular formula is C16H25N3O3. The topological polar surface area (TPSA) is 67.6 Å². The number of nitro benzene ring substituents is 1. The maximum absolute atomic E-state index is 11.5. The maximum atomic E-state index is 11.5. The zero-order valence-corrected chi connectivity index (χ0v) is 13.4. The third-order valence-electron chi connectivity index (χ3n) is 4.10. The molecule has 0 radical (unpaired) electrons. The Hall–Kier alpha value is -1.82. The second kappa shape index (κ2) is 7.98. The lowest BCUT2D eigenvalue weighted by molar-refractivity contribution is -0.385. The molecule has 1 aliphatic rings. The van der Waals surface area contributed by atoms with Gasteiger partial charge in [0.2, 0.25) is 0 Å². The van der Waals surface area contributed by atoms with Gasteiger partial charge in [0, 0.05) is 13.1 Å². The molecule has 0 aromatic heterocycles. The van der Waals surface area contributed by atoms with Crippen molar-refractivity contribution in [2.45, 2.75) is 26.7 Å². The van der Waals surface area contributed by atoms with Crippen LogP contribution in [-0.2, 0) is 0 Å². The van der Waals surface area contributed by atoms with Crippen LogP contribution in [0.15, 0.2) is 18.2 Å². The van der Waals surface area contributed by atoms with Gasteiger partial charge in [-0.1, -0.05) is 13.0 Å². The van der Waals surface area contributed by atoms with E-state index in [9.17, 15) is 10.1 Å². The third kappa shape index (κ3) is 3.88. The fraction of sp³-hybridized carbons (Fsp3) is 0.625. The minimum absolute atomic E-state index is 0.0921. The molecule has 1 aliphatic heterocycles. The van der Waals surface area contributed by atoms with Gasteiger partial charge in [-0.3, -0.25) is 10.1 Å². The van der Waals surface area contributed by atoms with Gasteiger partial charge in [0.15, 0.2) is 5.75 Å². The molecule has 6 nitrogen and oxygen atoms in total. The molecule has 0 spiro atoms. The van der Waals surface area contributed by atoms with Crippen molar-refractivity contribution in [2.75, 3.05) is 37.7 Å². The molecule has 1 aromatic rings. The number of para-hydroxylation sites is 1. The van der Waals surface area contributed by atoms with Crippen molar-refractivity contribution in [3.05, 3.63) is 28.3 Å². The van der Waals surface area contributed by atoms with Crippen LogP contribution in [0.3, 0.4) is 0 Å². The van der Waals surface area contributed by atoms with Crippen LogP contribution in [0, 0.1) is 16.0 Å². The van der Waals surface area contributed by atoms with Gasteiger partial charge in [0.1, 0.15) is 5.69 Å². The second-order valence-electron chi connectivity index (χ2n) is 5.55. The number of hydrogen-bond donors (Lipinski definition) is 1. The summed E-state index contributed by atoms with van der Waals surface area (Å²) in [4.78, 5) is 13.2. The molecule has 1 N–H and O–H groups in total. The van der Waals surface area contributed by atoms with Crippen molar-refractivity contribution >= 4 is 11.4 Å². The minimum atomic E-state index is -0.328. The second-order valence-corrected chi connectivity index (χ2v) is 5.55. The van der Waals surface area contributed by atoms with Crippen LogP contribution in [-0.4, -0.2) is 37.7 Å². The maximum Gasteiger partial charge on any atom is 0.333 e. The molecule has 122 valence electrons. The molecule has 2 rings (SSSR count). The van der Waals surface area contributed by atoms with E-state index in [1.165, 1.54) is 0 Å². The number of rotatable bonds is 7. The van der Waals surface area contributed by atoms with E-state index in [2.05, 4.69) is 17.1 Å². The van der Waals surface area contributed by atoms with E-state index in [1.807, 2.05) is 19.1 Å². The van der Waals surface area contributed by atoms with Gasteiger partial charge < -0.3 is 15.0 Å². The van der Waals surface area contributed by atoms with Gasteiger partial charge >= 0.3 is 5.69 Å². The molecule has 0 aliphatic carbocycles. The minimum Gasteiger partial charge on any atom is -0.487 e. The van der Waals surface area contributed by atoms with Gasteiger partial charge in [0.05, 0.1) is 11.5 Å². The Bertz CT molecular complexity index is 499. The highest BCUT2D eigenvalue weighted by molar-refractivity contribution is 5.70. The Kier molecular flexibility index (Phi) is 6.00.